The van der Waals surface area contributed by atoms with Crippen molar-refractivity contribution in [3.8, 4) is 5.75 Å². The molecule has 0 aliphatic heterocycles. The first kappa shape index (κ1) is 18.9. The van der Waals surface area contributed by atoms with Gasteiger partial charge in [-0.1, -0.05) is 58.4 Å². The number of rotatable bonds is 5. The van der Waals surface area contributed by atoms with Crippen LogP contribution in [-0.2, 0) is 22.4 Å². The number of fused-ring (bicyclic) bond motifs is 1. The highest BCUT2D eigenvalue weighted by Gasteiger charge is 2.14. The summed E-state index contributed by atoms with van der Waals surface area (Å²) in [5.74, 6) is 0.0454. The summed E-state index contributed by atoms with van der Waals surface area (Å²) in [6.45, 7) is 0. The highest BCUT2D eigenvalue weighted by molar-refractivity contribution is 9.10. The van der Waals surface area contributed by atoms with E-state index in [0.717, 1.165) is 26.4 Å². The van der Waals surface area contributed by atoms with E-state index in [1.807, 2.05) is 60.7 Å². The third-order valence-electron chi connectivity index (χ3n) is 4.16. The maximum atomic E-state index is 12.4. The number of hydrogen-bond donors (Lipinski definition) is 2. The molecule has 0 fully saturated rings. The summed E-state index contributed by atoms with van der Waals surface area (Å²) < 4.78 is 6.37. The minimum absolute atomic E-state index is 0.0910. The number of carbonyl (C=O) groups excluding carboxylic acids is 2. The number of benzene rings is 3. The normalized spacial score (nSPS) is 10.4. The number of hydrogen-bond acceptors (Lipinski definition) is 3. The van der Waals surface area contributed by atoms with Crippen LogP contribution in [0.15, 0.2) is 65.1 Å². The maximum Gasteiger partial charge on any atom is 0.242 e. The second-order valence-electron chi connectivity index (χ2n) is 6.05. The van der Waals surface area contributed by atoms with E-state index < -0.39 is 0 Å². The summed E-state index contributed by atoms with van der Waals surface area (Å²) in [4.78, 5) is 24.3. The molecule has 6 heteroatoms. The van der Waals surface area contributed by atoms with Gasteiger partial charge >= 0.3 is 0 Å². The fourth-order valence-electron chi connectivity index (χ4n) is 2.89. The Morgan fingerprint density at radius 2 is 1.63 bits per heavy atom. The lowest BCUT2D eigenvalue weighted by Gasteiger charge is -2.13. The molecule has 3 aromatic rings. The van der Waals surface area contributed by atoms with Crippen LogP contribution in [0.4, 0.5) is 0 Å². The van der Waals surface area contributed by atoms with Crippen molar-refractivity contribution in [1.29, 1.82) is 0 Å². The van der Waals surface area contributed by atoms with Crippen molar-refractivity contribution in [3.05, 3.63) is 76.3 Å². The van der Waals surface area contributed by atoms with Crippen LogP contribution in [0.5, 0.6) is 5.75 Å². The van der Waals surface area contributed by atoms with E-state index in [0.29, 0.717) is 5.75 Å². The van der Waals surface area contributed by atoms with E-state index in [1.54, 1.807) is 7.11 Å². The Morgan fingerprint density at radius 3 is 2.33 bits per heavy atom. The smallest absolute Gasteiger partial charge is 0.242 e. The van der Waals surface area contributed by atoms with Crippen LogP contribution >= 0.6 is 15.9 Å². The van der Waals surface area contributed by atoms with Crippen LogP contribution in [0.3, 0.4) is 0 Å². The van der Waals surface area contributed by atoms with Crippen LogP contribution in [0, 0.1) is 0 Å². The van der Waals surface area contributed by atoms with Gasteiger partial charge in [-0.15, -0.1) is 0 Å². The van der Waals surface area contributed by atoms with Crippen molar-refractivity contribution >= 4 is 38.5 Å². The van der Waals surface area contributed by atoms with Gasteiger partial charge in [0.05, 0.1) is 20.0 Å². The zero-order chi connectivity index (χ0) is 19.2. The van der Waals surface area contributed by atoms with Crippen molar-refractivity contribution in [2.24, 2.45) is 0 Å². The SMILES string of the molecule is COc1ccc2cc(Br)ccc2c1CC(=O)NNC(=O)Cc1ccccc1. The van der Waals surface area contributed by atoms with Crippen molar-refractivity contribution in [3.63, 3.8) is 0 Å². The molecule has 138 valence electrons. The van der Waals surface area contributed by atoms with Gasteiger partial charge in [-0.25, -0.2) is 0 Å². The average Bonchev–Trinajstić information content (AvgIpc) is 2.67. The molecule has 0 saturated carbocycles. The van der Waals surface area contributed by atoms with Gasteiger partial charge in [0.1, 0.15) is 5.75 Å². The zero-order valence-corrected chi connectivity index (χ0v) is 16.4. The lowest BCUT2D eigenvalue weighted by molar-refractivity contribution is -0.128. The molecule has 0 atom stereocenters. The Kier molecular flexibility index (Phi) is 6.08. The quantitative estimate of drug-likeness (QED) is 0.613. The summed E-state index contributed by atoms with van der Waals surface area (Å²) in [6.07, 6.45) is 0.292. The molecular formula is C21H19BrN2O3. The first-order valence-electron chi connectivity index (χ1n) is 8.43. The molecule has 0 saturated heterocycles. The van der Waals surface area contributed by atoms with Gasteiger partial charge in [-0.3, -0.25) is 20.4 Å². The minimum atomic E-state index is -0.315. The first-order valence-corrected chi connectivity index (χ1v) is 9.23. The third kappa shape index (κ3) is 4.86. The number of halogens is 1. The minimum Gasteiger partial charge on any atom is -0.496 e. The van der Waals surface area contributed by atoms with Crippen LogP contribution in [-0.4, -0.2) is 18.9 Å². The van der Waals surface area contributed by atoms with Crippen molar-refractivity contribution < 1.29 is 14.3 Å². The average molecular weight is 427 g/mol. The molecule has 0 aromatic heterocycles. The van der Waals surface area contributed by atoms with Crippen LogP contribution in [0.2, 0.25) is 0 Å². The molecule has 5 nitrogen and oxygen atoms in total. The van der Waals surface area contributed by atoms with Crippen LogP contribution in [0.1, 0.15) is 11.1 Å². The molecule has 0 unspecified atom stereocenters. The first-order chi connectivity index (χ1) is 13.1. The number of methoxy groups -OCH3 is 1. The predicted octanol–water partition coefficient (Wildman–Crippen LogP) is 3.54. The van der Waals surface area contributed by atoms with E-state index in [4.69, 9.17) is 4.74 Å². The zero-order valence-electron chi connectivity index (χ0n) is 14.8. The number of nitrogens with one attached hydrogen (secondary N) is 2. The second kappa shape index (κ2) is 8.68. The van der Waals surface area contributed by atoms with E-state index in [9.17, 15) is 9.59 Å². The van der Waals surface area contributed by atoms with Crippen LogP contribution in [0.25, 0.3) is 10.8 Å². The Bertz CT molecular complexity index is 974. The Balaban J connectivity index is 1.67. The molecule has 27 heavy (non-hydrogen) atoms. The molecule has 0 bridgehead atoms. The molecule has 0 aliphatic carbocycles. The molecule has 0 heterocycles. The standard InChI is InChI=1S/C21H19BrN2O3/c1-27-19-10-7-15-12-16(22)8-9-17(15)18(19)13-21(26)24-23-20(25)11-14-5-3-2-4-6-14/h2-10,12H,11,13H2,1H3,(H,23,25)(H,24,26). The van der Waals surface area contributed by atoms with Gasteiger partial charge in [-0.2, -0.15) is 0 Å². The molecule has 0 radical (unpaired) electrons. The third-order valence-corrected chi connectivity index (χ3v) is 4.65. The van der Waals surface area contributed by atoms with Crippen LogP contribution < -0.4 is 15.6 Å². The van der Waals surface area contributed by atoms with Crippen molar-refractivity contribution in [2.45, 2.75) is 12.8 Å². The monoisotopic (exact) mass is 426 g/mol. The Labute approximate surface area is 165 Å². The van der Waals surface area contributed by atoms with Crippen molar-refractivity contribution in [2.75, 3.05) is 7.11 Å². The molecule has 2 N–H and O–H groups in total. The van der Waals surface area contributed by atoms with Gasteiger partial charge in [0.25, 0.3) is 0 Å². The van der Waals surface area contributed by atoms with E-state index >= 15 is 0 Å². The van der Waals surface area contributed by atoms with Gasteiger partial charge < -0.3 is 4.74 Å². The number of hydrazine groups is 1. The van der Waals surface area contributed by atoms with E-state index in [-0.39, 0.29) is 24.7 Å². The number of ether oxygens (including phenoxy) is 1. The number of carbonyl (C=O) groups is 2. The molecule has 3 rings (SSSR count). The van der Waals surface area contributed by atoms with E-state index in [1.165, 1.54) is 0 Å². The largest absolute Gasteiger partial charge is 0.496 e. The highest BCUT2D eigenvalue weighted by atomic mass is 79.9. The topological polar surface area (TPSA) is 67.4 Å². The van der Waals surface area contributed by atoms with Gasteiger partial charge in [0, 0.05) is 10.0 Å². The molecule has 2 amide bonds. The molecular weight excluding hydrogens is 408 g/mol. The van der Waals surface area contributed by atoms with Gasteiger partial charge in [-0.05, 0) is 34.5 Å². The summed E-state index contributed by atoms with van der Waals surface area (Å²) in [6, 6.07) is 19.0. The van der Waals surface area contributed by atoms with Crippen molar-refractivity contribution in [1.82, 2.24) is 10.9 Å². The van der Waals surface area contributed by atoms with E-state index in [2.05, 4.69) is 26.8 Å². The number of amides is 2. The molecule has 3 aromatic carbocycles. The molecule has 0 spiro atoms. The Hall–Kier alpha value is -2.86. The fourth-order valence-corrected chi connectivity index (χ4v) is 3.27. The maximum absolute atomic E-state index is 12.4. The summed E-state index contributed by atoms with van der Waals surface area (Å²) in [7, 11) is 1.57. The Morgan fingerprint density at radius 1 is 0.926 bits per heavy atom. The highest BCUT2D eigenvalue weighted by Crippen LogP contribution is 2.30. The molecule has 0 aliphatic rings. The summed E-state index contributed by atoms with van der Waals surface area (Å²) >= 11 is 3.45. The predicted molar refractivity (Wildman–Crippen MR) is 108 cm³/mol. The van der Waals surface area contributed by atoms with Gasteiger partial charge in [0.2, 0.25) is 11.8 Å². The summed E-state index contributed by atoms with van der Waals surface area (Å²) in [5.41, 5.74) is 6.59. The van der Waals surface area contributed by atoms with Gasteiger partial charge in [0.15, 0.2) is 0 Å². The fraction of sp³-hybridized carbons (Fsp3) is 0.143. The lowest BCUT2D eigenvalue weighted by Crippen LogP contribution is -2.43. The lowest BCUT2D eigenvalue weighted by atomic mass is 10.0. The second-order valence-corrected chi connectivity index (χ2v) is 6.96. The summed E-state index contributed by atoms with van der Waals surface area (Å²) in [5, 5.41) is 1.93.